The summed E-state index contributed by atoms with van der Waals surface area (Å²) in [4.78, 5) is 11.7. The van der Waals surface area contributed by atoms with Crippen molar-refractivity contribution in [1.82, 2.24) is 14.3 Å². The van der Waals surface area contributed by atoms with E-state index in [9.17, 15) is 4.79 Å². The van der Waals surface area contributed by atoms with Gasteiger partial charge in [0.2, 0.25) is 0 Å². The summed E-state index contributed by atoms with van der Waals surface area (Å²) >= 11 is 0. The lowest BCUT2D eigenvalue weighted by Crippen LogP contribution is -2.21. The van der Waals surface area contributed by atoms with Crippen LogP contribution in [-0.2, 0) is 19.5 Å². The Morgan fingerprint density at radius 2 is 2.11 bits per heavy atom. The first kappa shape index (κ1) is 12.4. The Balaban J connectivity index is 2.36. The normalized spacial score (nSPS) is 10.8. The Morgan fingerprint density at radius 3 is 2.78 bits per heavy atom. The smallest absolute Gasteiger partial charge is 0.251 e. The zero-order valence-corrected chi connectivity index (χ0v) is 10.8. The monoisotopic (exact) mass is 246 g/mol. The maximum atomic E-state index is 11.7. The molecule has 2 heterocycles. The molecule has 0 amide bonds. The molecule has 0 spiro atoms. The van der Waals surface area contributed by atoms with Gasteiger partial charge < -0.3 is 10.3 Å². The van der Waals surface area contributed by atoms with Gasteiger partial charge in [-0.3, -0.25) is 9.48 Å². The predicted molar refractivity (Wildman–Crippen MR) is 71.5 cm³/mol. The largest absolute Gasteiger partial charge is 0.398 e. The number of aromatic nitrogens is 3. The summed E-state index contributed by atoms with van der Waals surface area (Å²) in [7, 11) is 0. The average Bonchev–Trinajstić information content (AvgIpc) is 2.76. The molecule has 0 aliphatic carbocycles. The van der Waals surface area contributed by atoms with Crippen molar-refractivity contribution in [3.8, 4) is 0 Å². The van der Waals surface area contributed by atoms with Gasteiger partial charge in [0.05, 0.1) is 17.9 Å². The van der Waals surface area contributed by atoms with Crippen molar-refractivity contribution < 1.29 is 0 Å². The highest BCUT2D eigenvalue weighted by Crippen LogP contribution is 2.08. The molecule has 2 rings (SSSR count). The van der Waals surface area contributed by atoms with Gasteiger partial charge in [0.1, 0.15) is 0 Å². The minimum atomic E-state index is -0.0499. The van der Waals surface area contributed by atoms with Crippen LogP contribution in [0.2, 0.25) is 0 Å². The third-order valence-corrected chi connectivity index (χ3v) is 2.91. The Kier molecular flexibility index (Phi) is 3.50. The first-order valence-electron chi connectivity index (χ1n) is 6.15. The summed E-state index contributed by atoms with van der Waals surface area (Å²) < 4.78 is 3.53. The van der Waals surface area contributed by atoms with Gasteiger partial charge in [-0.25, -0.2) is 0 Å². The lowest BCUT2D eigenvalue weighted by Gasteiger charge is -2.07. The van der Waals surface area contributed by atoms with Crippen LogP contribution < -0.4 is 11.3 Å². The molecule has 0 aliphatic rings. The summed E-state index contributed by atoms with van der Waals surface area (Å²) in [5, 5.41) is 4.47. The molecule has 0 bridgehead atoms. The highest BCUT2D eigenvalue weighted by atomic mass is 16.1. The van der Waals surface area contributed by atoms with Gasteiger partial charge in [0.15, 0.2) is 0 Å². The topological polar surface area (TPSA) is 65.8 Å². The van der Waals surface area contributed by atoms with Crippen molar-refractivity contribution in [3.63, 3.8) is 0 Å². The molecular formula is C13H18N4O. The zero-order chi connectivity index (χ0) is 13.1. The maximum absolute atomic E-state index is 11.7. The summed E-state index contributed by atoms with van der Waals surface area (Å²) in [5.74, 6) is 0. The molecule has 96 valence electrons. The van der Waals surface area contributed by atoms with E-state index in [2.05, 4.69) is 12.0 Å². The minimum Gasteiger partial charge on any atom is -0.398 e. The van der Waals surface area contributed by atoms with E-state index >= 15 is 0 Å². The second-order valence-corrected chi connectivity index (χ2v) is 4.22. The van der Waals surface area contributed by atoms with Gasteiger partial charge >= 0.3 is 0 Å². The molecule has 2 aromatic heterocycles. The fraction of sp³-hybridized carbons (Fsp3) is 0.385. The van der Waals surface area contributed by atoms with Crippen molar-refractivity contribution in [1.29, 1.82) is 0 Å². The molecule has 2 aromatic rings. The van der Waals surface area contributed by atoms with Crippen LogP contribution in [0.1, 0.15) is 25.2 Å². The highest BCUT2D eigenvalue weighted by molar-refractivity contribution is 5.33. The number of hydrogen-bond donors (Lipinski definition) is 1. The Bertz CT molecular complexity index is 597. The first-order valence-corrected chi connectivity index (χ1v) is 6.15. The third kappa shape index (κ3) is 2.45. The van der Waals surface area contributed by atoms with E-state index < -0.39 is 0 Å². The van der Waals surface area contributed by atoms with Crippen LogP contribution in [0.4, 0.5) is 5.69 Å². The second kappa shape index (κ2) is 5.08. The van der Waals surface area contributed by atoms with Crippen LogP contribution >= 0.6 is 0 Å². The number of nitrogens with zero attached hydrogens (tertiary/aromatic N) is 3. The Morgan fingerprint density at radius 1 is 1.33 bits per heavy atom. The lowest BCUT2D eigenvalue weighted by molar-refractivity contribution is 0.590. The molecule has 0 unspecified atom stereocenters. The molecule has 0 fully saturated rings. The summed E-state index contributed by atoms with van der Waals surface area (Å²) in [5.41, 5.74) is 8.32. The van der Waals surface area contributed by atoms with Crippen LogP contribution in [-0.4, -0.2) is 14.3 Å². The van der Waals surface area contributed by atoms with Gasteiger partial charge in [0.25, 0.3) is 5.56 Å². The highest BCUT2D eigenvalue weighted by Gasteiger charge is 2.07. The molecule has 5 nitrogen and oxygen atoms in total. The van der Waals surface area contributed by atoms with Crippen LogP contribution in [0.25, 0.3) is 0 Å². The predicted octanol–water partition coefficient (Wildman–Crippen LogP) is 1.26. The lowest BCUT2D eigenvalue weighted by atomic mass is 10.3. The minimum absolute atomic E-state index is 0.0499. The quantitative estimate of drug-likeness (QED) is 0.883. The standard InChI is InChI=1S/C13H18N4O/c1-3-11-7-12(17(4-2)15-11)9-16-8-10(14)5-6-13(16)18/h5-8H,3-4,9,14H2,1-2H3. The fourth-order valence-electron chi connectivity index (χ4n) is 1.94. The van der Waals surface area contributed by atoms with Crippen molar-refractivity contribution in [2.45, 2.75) is 33.4 Å². The van der Waals surface area contributed by atoms with Crippen LogP contribution in [0.15, 0.2) is 29.2 Å². The molecule has 0 aromatic carbocycles. The molecule has 0 aliphatic heterocycles. The van der Waals surface area contributed by atoms with Crippen molar-refractivity contribution in [2.75, 3.05) is 5.73 Å². The Hall–Kier alpha value is -2.04. The van der Waals surface area contributed by atoms with Gasteiger partial charge in [-0.1, -0.05) is 6.92 Å². The van der Waals surface area contributed by atoms with E-state index in [4.69, 9.17) is 5.73 Å². The third-order valence-electron chi connectivity index (χ3n) is 2.91. The number of hydrogen-bond acceptors (Lipinski definition) is 3. The number of nitrogens with two attached hydrogens (primary N) is 1. The van der Waals surface area contributed by atoms with E-state index in [1.54, 1.807) is 16.8 Å². The van der Waals surface area contributed by atoms with Gasteiger partial charge in [0, 0.05) is 24.5 Å². The molecule has 0 saturated heterocycles. The summed E-state index contributed by atoms with van der Waals surface area (Å²) in [6.45, 7) is 5.41. The van der Waals surface area contributed by atoms with Crippen molar-refractivity contribution >= 4 is 5.69 Å². The van der Waals surface area contributed by atoms with Crippen LogP contribution in [0.3, 0.4) is 0 Å². The fourth-order valence-corrected chi connectivity index (χ4v) is 1.94. The van der Waals surface area contributed by atoms with E-state index in [-0.39, 0.29) is 5.56 Å². The number of nitrogen functional groups attached to an aromatic ring is 1. The molecule has 0 radical (unpaired) electrons. The van der Waals surface area contributed by atoms with Crippen LogP contribution in [0.5, 0.6) is 0 Å². The van der Waals surface area contributed by atoms with Gasteiger partial charge in [-0.15, -0.1) is 0 Å². The van der Waals surface area contributed by atoms with E-state index in [1.807, 2.05) is 17.7 Å². The average molecular weight is 246 g/mol. The molecule has 2 N–H and O–H groups in total. The number of aryl methyl sites for hydroxylation is 2. The second-order valence-electron chi connectivity index (χ2n) is 4.22. The number of pyridine rings is 1. The molecular weight excluding hydrogens is 228 g/mol. The molecule has 18 heavy (non-hydrogen) atoms. The van der Waals surface area contributed by atoms with E-state index in [0.29, 0.717) is 12.2 Å². The number of anilines is 1. The first-order chi connectivity index (χ1) is 8.63. The van der Waals surface area contributed by atoms with E-state index in [0.717, 1.165) is 24.4 Å². The molecule has 5 heteroatoms. The van der Waals surface area contributed by atoms with Gasteiger partial charge in [-0.2, -0.15) is 5.10 Å². The van der Waals surface area contributed by atoms with Crippen molar-refractivity contribution in [2.24, 2.45) is 0 Å². The van der Waals surface area contributed by atoms with Gasteiger partial charge in [-0.05, 0) is 25.5 Å². The van der Waals surface area contributed by atoms with Crippen LogP contribution in [0, 0.1) is 0 Å². The van der Waals surface area contributed by atoms with E-state index in [1.165, 1.54) is 6.07 Å². The summed E-state index contributed by atoms with van der Waals surface area (Å²) in [6.07, 6.45) is 2.56. The SMILES string of the molecule is CCc1cc(Cn2cc(N)ccc2=O)n(CC)n1. The van der Waals surface area contributed by atoms with Crippen molar-refractivity contribution in [3.05, 3.63) is 46.1 Å². The summed E-state index contributed by atoms with van der Waals surface area (Å²) in [6, 6.07) is 5.15. The number of rotatable bonds is 4. The zero-order valence-electron chi connectivity index (χ0n) is 10.8. The maximum Gasteiger partial charge on any atom is 0.251 e. The Labute approximate surface area is 106 Å². The molecule has 0 atom stereocenters. The molecule has 0 saturated carbocycles.